The summed E-state index contributed by atoms with van der Waals surface area (Å²) in [6.07, 6.45) is 0. The van der Waals surface area contributed by atoms with E-state index in [0.29, 0.717) is 5.25 Å². The minimum Gasteiger partial charge on any atom is -0.179 e. The van der Waals surface area contributed by atoms with E-state index in [1.807, 2.05) is 23.5 Å². The molecule has 0 aromatic carbocycles. The van der Waals surface area contributed by atoms with Gasteiger partial charge in [-0.25, -0.2) is 0 Å². The molecule has 0 aromatic rings. The fourth-order valence-electron chi connectivity index (χ4n) is 0.776. The molecule has 0 fully saturated rings. The number of rotatable bonds is 11. The van der Waals surface area contributed by atoms with Gasteiger partial charge < -0.3 is 0 Å². The molecule has 0 nitrogen and oxygen atoms in total. The van der Waals surface area contributed by atoms with Crippen LogP contribution in [0.4, 0.5) is 0 Å². The molecule has 0 amide bonds. The summed E-state index contributed by atoms with van der Waals surface area (Å²) < 4.78 is 0. The fourth-order valence-corrected chi connectivity index (χ4v) is 4.76. The van der Waals surface area contributed by atoms with Gasteiger partial charge in [0.25, 0.3) is 0 Å². The van der Waals surface area contributed by atoms with Crippen molar-refractivity contribution in [3.8, 4) is 0 Å². The Morgan fingerprint density at radius 1 is 0.800 bits per heavy atom. The molecule has 0 aliphatic rings. The van der Waals surface area contributed by atoms with Gasteiger partial charge in [-0.05, 0) is 5.75 Å². The highest BCUT2D eigenvalue weighted by atomic mass is 32.2. The zero-order valence-corrected chi connectivity index (χ0v) is 13.9. The number of thiol groups is 3. The lowest BCUT2D eigenvalue weighted by Crippen LogP contribution is -2.04. The molecule has 6 heteroatoms. The molecule has 0 spiro atoms. The largest absolute Gasteiger partial charge is 0.179 e. The summed E-state index contributed by atoms with van der Waals surface area (Å²) in [6, 6.07) is 0. The van der Waals surface area contributed by atoms with Gasteiger partial charge in [0, 0.05) is 45.5 Å². The SMILES string of the molecule is SCCSCCSCCSCC(S)CS. The van der Waals surface area contributed by atoms with E-state index in [1.165, 1.54) is 28.8 Å². The Kier molecular flexibility index (Phi) is 16.1. The average molecular weight is 321 g/mol. The first kappa shape index (κ1) is 17.1. The van der Waals surface area contributed by atoms with Crippen molar-refractivity contribution in [1.29, 1.82) is 0 Å². The normalized spacial score (nSPS) is 13.0. The molecular weight excluding hydrogens is 301 g/mol. The number of hydrogen-bond acceptors (Lipinski definition) is 6. The van der Waals surface area contributed by atoms with Crippen molar-refractivity contribution in [3.63, 3.8) is 0 Å². The van der Waals surface area contributed by atoms with Crippen LogP contribution in [-0.2, 0) is 0 Å². The van der Waals surface area contributed by atoms with E-state index >= 15 is 0 Å². The van der Waals surface area contributed by atoms with Gasteiger partial charge in [0.05, 0.1) is 0 Å². The summed E-state index contributed by atoms with van der Waals surface area (Å²) in [4.78, 5) is 0. The Morgan fingerprint density at radius 2 is 1.33 bits per heavy atom. The number of thioether (sulfide) groups is 3. The third-order valence-electron chi connectivity index (χ3n) is 1.50. The van der Waals surface area contributed by atoms with E-state index in [2.05, 4.69) is 49.6 Å². The van der Waals surface area contributed by atoms with Crippen LogP contribution in [0, 0.1) is 0 Å². The average Bonchev–Trinajstić information content (AvgIpc) is 2.26. The summed E-state index contributed by atoms with van der Waals surface area (Å²) in [5, 5.41) is 0.453. The van der Waals surface area contributed by atoms with Crippen LogP contribution in [0.5, 0.6) is 0 Å². The van der Waals surface area contributed by atoms with Crippen LogP contribution in [0.2, 0.25) is 0 Å². The molecule has 0 aromatic heterocycles. The highest BCUT2D eigenvalue weighted by molar-refractivity contribution is 8.04. The second-order valence-electron chi connectivity index (χ2n) is 2.86. The van der Waals surface area contributed by atoms with Gasteiger partial charge >= 0.3 is 0 Å². The van der Waals surface area contributed by atoms with Gasteiger partial charge in [-0.15, -0.1) is 0 Å². The highest BCUT2D eigenvalue weighted by Gasteiger charge is 1.99. The topological polar surface area (TPSA) is 0 Å². The zero-order valence-electron chi connectivity index (χ0n) is 8.80. The molecule has 0 saturated heterocycles. The molecule has 0 bridgehead atoms. The van der Waals surface area contributed by atoms with Crippen LogP contribution < -0.4 is 0 Å². The molecule has 0 saturated carbocycles. The molecule has 0 rings (SSSR count). The second-order valence-corrected chi connectivity index (χ2v) is 8.00. The third-order valence-corrected chi connectivity index (χ3v) is 6.99. The maximum Gasteiger partial charge on any atom is 0.0196 e. The van der Waals surface area contributed by atoms with Gasteiger partial charge in [0.2, 0.25) is 0 Å². The Labute approximate surface area is 123 Å². The van der Waals surface area contributed by atoms with Crippen LogP contribution in [-0.4, -0.2) is 51.3 Å². The van der Waals surface area contributed by atoms with E-state index in [4.69, 9.17) is 0 Å². The van der Waals surface area contributed by atoms with Crippen molar-refractivity contribution >= 4 is 73.2 Å². The molecule has 1 unspecified atom stereocenters. The van der Waals surface area contributed by atoms with E-state index in [9.17, 15) is 0 Å². The Hall–Kier alpha value is 2.10. The lowest BCUT2D eigenvalue weighted by Gasteiger charge is -2.06. The molecule has 0 aliphatic carbocycles. The summed E-state index contributed by atoms with van der Waals surface area (Å²) in [7, 11) is 0. The lowest BCUT2D eigenvalue weighted by molar-refractivity contribution is 1.16. The molecule has 0 aliphatic heterocycles. The molecule has 1 atom stereocenters. The van der Waals surface area contributed by atoms with Crippen LogP contribution in [0.3, 0.4) is 0 Å². The Bertz CT molecular complexity index is 121. The van der Waals surface area contributed by atoms with Crippen molar-refractivity contribution in [1.82, 2.24) is 0 Å². The van der Waals surface area contributed by atoms with Gasteiger partial charge in [0.1, 0.15) is 0 Å². The van der Waals surface area contributed by atoms with Gasteiger partial charge in [0.15, 0.2) is 0 Å². The molecule has 15 heavy (non-hydrogen) atoms. The maximum atomic E-state index is 4.40. The van der Waals surface area contributed by atoms with Crippen molar-refractivity contribution in [2.45, 2.75) is 5.25 Å². The summed E-state index contributed by atoms with van der Waals surface area (Å²) in [5.74, 6) is 9.23. The minimum absolute atomic E-state index is 0.453. The molecular formula is C9H20S6. The first-order chi connectivity index (χ1) is 7.31. The van der Waals surface area contributed by atoms with Crippen LogP contribution in [0.15, 0.2) is 0 Å². The highest BCUT2D eigenvalue weighted by Crippen LogP contribution is 2.13. The van der Waals surface area contributed by atoms with Crippen molar-refractivity contribution in [3.05, 3.63) is 0 Å². The molecule has 0 heterocycles. The van der Waals surface area contributed by atoms with Crippen molar-refractivity contribution < 1.29 is 0 Å². The Balaban J connectivity index is 2.92. The third kappa shape index (κ3) is 14.0. The van der Waals surface area contributed by atoms with Crippen LogP contribution in [0.1, 0.15) is 0 Å². The minimum atomic E-state index is 0.453. The standard InChI is InChI=1S/C9H20S6/c10-1-2-13-3-4-14-5-6-15-8-9(12)7-11/h9-12H,1-8H2. The van der Waals surface area contributed by atoms with E-state index < -0.39 is 0 Å². The summed E-state index contributed by atoms with van der Waals surface area (Å²) >= 11 is 18.8. The summed E-state index contributed by atoms with van der Waals surface area (Å²) in [6.45, 7) is 0. The smallest absolute Gasteiger partial charge is 0.0196 e. The van der Waals surface area contributed by atoms with E-state index in [1.54, 1.807) is 0 Å². The van der Waals surface area contributed by atoms with Crippen LogP contribution in [0.25, 0.3) is 0 Å². The van der Waals surface area contributed by atoms with E-state index in [0.717, 1.165) is 17.3 Å². The second kappa shape index (κ2) is 14.2. The first-order valence-electron chi connectivity index (χ1n) is 4.94. The summed E-state index contributed by atoms with van der Waals surface area (Å²) in [5.41, 5.74) is 0. The zero-order chi connectivity index (χ0) is 11.4. The predicted molar refractivity (Wildman–Crippen MR) is 92.5 cm³/mol. The molecule has 92 valence electrons. The molecule has 0 radical (unpaired) electrons. The maximum absolute atomic E-state index is 4.40. The Morgan fingerprint density at radius 3 is 1.87 bits per heavy atom. The van der Waals surface area contributed by atoms with E-state index in [-0.39, 0.29) is 0 Å². The van der Waals surface area contributed by atoms with Gasteiger partial charge in [-0.1, -0.05) is 0 Å². The van der Waals surface area contributed by atoms with Crippen molar-refractivity contribution in [2.75, 3.05) is 46.0 Å². The first-order valence-corrected chi connectivity index (χ1v) is 10.2. The predicted octanol–water partition coefficient (Wildman–Crippen LogP) is 3.34. The van der Waals surface area contributed by atoms with Crippen molar-refractivity contribution in [2.24, 2.45) is 0 Å². The quantitative estimate of drug-likeness (QED) is 0.395. The fraction of sp³-hybridized carbons (Fsp3) is 1.00. The monoisotopic (exact) mass is 320 g/mol. The molecule has 0 N–H and O–H groups in total. The van der Waals surface area contributed by atoms with Gasteiger partial charge in [-0.3, -0.25) is 0 Å². The van der Waals surface area contributed by atoms with Crippen LogP contribution >= 0.6 is 73.2 Å². The van der Waals surface area contributed by atoms with Gasteiger partial charge in [-0.2, -0.15) is 73.2 Å². The number of hydrogen-bond donors (Lipinski definition) is 3. The lowest BCUT2D eigenvalue weighted by atomic mass is 10.6.